The van der Waals surface area contributed by atoms with Crippen LogP contribution in [-0.4, -0.2) is 42.3 Å². The maximum Gasteiger partial charge on any atom is 0.325 e. The predicted molar refractivity (Wildman–Crippen MR) is 115 cm³/mol. The van der Waals surface area contributed by atoms with Crippen molar-refractivity contribution < 1.29 is 23.9 Å². The smallest absolute Gasteiger partial charge is 0.325 e. The lowest BCUT2D eigenvalue weighted by Gasteiger charge is -2.26. The Morgan fingerprint density at radius 2 is 1.58 bits per heavy atom. The second kappa shape index (κ2) is 8.86. The van der Waals surface area contributed by atoms with Crippen LogP contribution in [-0.2, 0) is 19.9 Å². The molecule has 0 aliphatic carbocycles. The first kappa shape index (κ1) is 21.8. The minimum atomic E-state index is -1.23. The molecule has 5 amide bonds. The molecule has 31 heavy (non-hydrogen) atoms. The van der Waals surface area contributed by atoms with Gasteiger partial charge in [-0.15, -0.1) is 0 Å². The summed E-state index contributed by atoms with van der Waals surface area (Å²) in [6, 6.07) is 12.7. The Kier molecular flexibility index (Phi) is 6.24. The summed E-state index contributed by atoms with van der Waals surface area (Å²) in [5, 5.41) is 8.02. The highest BCUT2D eigenvalue weighted by molar-refractivity contribution is 6.10. The van der Waals surface area contributed by atoms with Gasteiger partial charge in [-0.25, -0.2) is 4.79 Å². The van der Waals surface area contributed by atoms with E-state index < -0.39 is 29.9 Å². The maximum atomic E-state index is 13.2. The molecule has 162 valence electrons. The van der Waals surface area contributed by atoms with E-state index in [1.165, 1.54) is 6.92 Å². The molecule has 1 saturated heterocycles. The van der Waals surface area contributed by atoms with E-state index in [0.717, 1.165) is 4.90 Å². The van der Waals surface area contributed by atoms with E-state index in [1.54, 1.807) is 62.6 Å². The molecule has 1 heterocycles. The lowest BCUT2D eigenvalue weighted by atomic mass is 9.87. The molecule has 0 spiro atoms. The number of anilines is 2. The highest BCUT2D eigenvalue weighted by Gasteiger charge is 2.51. The highest BCUT2D eigenvalue weighted by atomic mass is 16.5. The number of methoxy groups -OCH3 is 1. The summed E-state index contributed by atoms with van der Waals surface area (Å²) in [4.78, 5) is 50.2. The van der Waals surface area contributed by atoms with Gasteiger partial charge in [-0.3, -0.25) is 19.3 Å². The molecule has 2 aromatic carbocycles. The van der Waals surface area contributed by atoms with E-state index in [-0.39, 0.29) is 5.91 Å². The number of carbonyl (C=O) groups excluding carboxylic acids is 4. The van der Waals surface area contributed by atoms with Gasteiger partial charge in [0.25, 0.3) is 5.91 Å². The van der Waals surface area contributed by atoms with Crippen LogP contribution in [0.3, 0.4) is 0 Å². The zero-order valence-corrected chi connectivity index (χ0v) is 17.5. The Hall–Kier alpha value is -3.88. The molecule has 0 bridgehead atoms. The minimum Gasteiger partial charge on any atom is -0.497 e. The van der Waals surface area contributed by atoms with Crippen LogP contribution in [0.1, 0.15) is 25.8 Å². The third-order valence-corrected chi connectivity index (χ3v) is 5.08. The summed E-state index contributed by atoms with van der Waals surface area (Å²) < 4.78 is 5.15. The number of nitrogens with zero attached hydrogens (tertiary/aromatic N) is 1. The zero-order chi connectivity index (χ0) is 22.6. The Morgan fingerprint density at radius 1 is 1.00 bits per heavy atom. The van der Waals surface area contributed by atoms with Crippen LogP contribution in [0, 0.1) is 0 Å². The lowest BCUT2D eigenvalue weighted by molar-refractivity contribution is -0.134. The summed E-state index contributed by atoms with van der Waals surface area (Å²) in [5.74, 6) is -0.571. The number of benzene rings is 2. The molecular formula is C22H24N4O5. The van der Waals surface area contributed by atoms with Crippen molar-refractivity contribution in [2.75, 3.05) is 24.3 Å². The molecule has 2 aromatic rings. The van der Waals surface area contributed by atoms with E-state index in [2.05, 4.69) is 16.0 Å². The SMILES string of the molecule is CC[C@@]1(c2ccc(OC)cc2)NC(=O)N(CC(=O)Nc2ccc(NC(C)=O)cc2)C1=O. The number of ether oxygens (including phenoxy) is 1. The predicted octanol–water partition coefficient (Wildman–Crippen LogP) is 2.45. The van der Waals surface area contributed by atoms with Crippen LogP contribution in [0.5, 0.6) is 5.75 Å². The first-order valence-corrected chi connectivity index (χ1v) is 9.75. The summed E-state index contributed by atoms with van der Waals surface area (Å²) in [6.45, 7) is 2.77. The van der Waals surface area contributed by atoms with Gasteiger partial charge in [0, 0.05) is 18.3 Å². The second-order valence-corrected chi connectivity index (χ2v) is 7.12. The summed E-state index contributed by atoms with van der Waals surface area (Å²) in [7, 11) is 1.54. The number of carbonyl (C=O) groups is 4. The molecule has 0 aromatic heterocycles. The molecule has 1 atom stereocenters. The summed E-state index contributed by atoms with van der Waals surface area (Å²) in [6.07, 6.45) is 0.326. The average molecular weight is 424 g/mol. The number of imide groups is 1. The van der Waals surface area contributed by atoms with Crippen molar-refractivity contribution in [3.8, 4) is 5.75 Å². The fourth-order valence-electron chi connectivity index (χ4n) is 3.47. The topological polar surface area (TPSA) is 117 Å². The molecule has 0 saturated carbocycles. The number of hydrogen-bond donors (Lipinski definition) is 3. The van der Waals surface area contributed by atoms with Gasteiger partial charge in [0.2, 0.25) is 11.8 Å². The van der Waals surface area contributed by atoms with Gasteiger partial charge < -0.3 is 20.7 Å². The Balaban J connectivity index is 1.71. The molecular weight excluding hydrogens is 400 g/mol. The summed E-state index contributed by atoms with van der Waals surface area (Å²) in [5.41, 5.74) is 0.449. The van der Waals surface area contributed by atoms with E-state index in [9.17, 15) is 19.2 Å². The van der Waals surface area contributed by atoms with Crippen molar-refractivity contribution >= 4 is 35.1 Å². The minimum absolute atomic E-state index is 0.202. The Morgan fingerprint density at radius 3 is 2.10 bits per heavy atom. The van der Waals surface area contributed by atoms with Crippen LogP contribution in [0.2, 0.25) is 0 Å². The summed E-state index contributed by atoms with van der Waals surface area (Å²) >= 11 is 0. The maximum absolute atomic E-state index is 13.2. The number of nitrogens with one attached hydrogen (secondary N) is 3. The molecule has 9 heteroatoms. The zero-order valence-electron chi connectivity index (χ0n) is 17.5. The normalized spacial score (nSPS) is 17.8. The van der Waals surface area contributed by atoms with E-state index in [1.807, 2.05) is 0 Å². The fourth-order valence-corrected chi connectivity index (χ4v) is 3.47. The fraction of sp³-hybridized carbons (Fsp3) is 0.273. The molecule has 3 N–H and O–H groups in total. The van der Waals surface area contributed by atoms with Gasteiger partial charge in [0.15, 0.2) is 0 Å². The van der Waals surface area contributed by atoms with Gasteiger partial charge in [-0.2, -0.15) is 0 Å². The monoisotopic (exact) mass is 424 g/mol. The van der Waals surface area contributed by atoms with Gasteiger partial charge in [0.05, 0.1) is 7.11 Å². The van der Waals surface area contributed by atoms with Crippen molar-refractivity contribution in [2.45, 2.75) is 25.8 Å². The van der Waals surface area contributed by atoms with E-state index in [0.29, 0.717) is 29.1 Å². The average Bonchev–Trinajstić information content (AvgIpc) is 3.00. The number of hydrogen-bond acceptors (Lipinski definition) is 5. The first-order chi connectivity index (χ1) is 14.8. The van der Waals surface area contributed by atoms with Crippen LogP contribution < -0.4 is 20.7 Å². The third-order valence-electron chi connectivity index (χ3n) is 5.08. The Labute approximate surface area is 179 Å². The number of amides is 5. The van der Waals surface area contributed by atoms with Crippen molar-refractivity contribution in [3.05, 3.63) is 54.1 Å². The molecule has 1 aliphatic heterocycles. The largest absolute Gasteiger partial charge is 0.497 e. The number of rotatable bonds is 7. The molecule has 1 fully saturated rings. The standard InChI is InChI=1S/C22H24N4O5/c1-4-22(15-5-11-18(31-3)12-6-15)20(29)26(21(30)25-22)13-19(28)24-17-9-7-16(8-10-17)23-14(2)27/h5-12H,4,13H2,1-3H3,(H,23,27)(H,24,28)(H,25,30)/t22-/m0/s1. The lowest BCUT2D eigenvalue weighted by Crippen LogP contribution is -2.44. The van der Waals surface area contributed by atoms with Crippen LogP contribution in [0.25, 0.3) is 0 Å². The molecule has 0 unspecified atom stereocenters. The van der Waals surface area contributed by atoms with Crippen LogP contribution in [0.15, 0.2) is 48.5 Å². The Bertz CT molecular complexity index is 1000. The van der Waals surface area contributed by atoms with Crippen molar-refractivity contribution in [3.63, 3.8) is 0 Å². The van der Waals surface area contributed by atoms with Crippen molar-refractivity contribution in [1.29, 1.82) is 0 Å². The molecule has 1 aliphatic rings. The van der Waals surface area contributed by atoms with Crippen molar-refractivity contribution in [1.82, 2.24) is 10.2 Å². The highest BCUT2D eigenvalue weighted by Crippen LogP contribution is 2.33. The van der Waals surface area contributed by atoms with E-state index >= 15 is 0 Å². The van der Waals surface area contributed by atoms with Gasteiger partial charge in [0.1, 0.15) is 17.8 Å². The first-order valence-electron chi connectivity index (χ1n) is 9.75. The van der Waals surface area contributed by atoms with Crippen LogP contribution in [0.4, 0.5) is 16.2 Å². The molecule has 0 radical (unpaired) electrons. The molecule has 9 nitrogen and oxygen atoms in total. The number of urea groups is 1. The molecule has 3 rings (SSSR count). The second-order valence-electron chi connectivity index (χ2n) is 7.12. The van der Waals surface area contributed by atoms with Crippen LogP contribution >= 0.6 is 0 Å². The van der Waals surface area contributed by atoms with E-state index in [4.69, 9.17) is 4.74 Å². The third kappa shape index (κ3) is 4.50. The van der Waals surface area contributed by atoms with Crippen molar-refractivity contribution in [2.24, 2.45) is 0 Å². The quantitative estimate of drug-likeness (QED) is 0.591. The van der Waals surface area contributed by atoms with Gasteiger partial charge >= 0.3 is 6.03 Å². The van der Waals surface area contributed by atoms with Gasteiger partial charge in [-0.1, -0.05) is 19.1 Å². The van der Waals surface area contributed by atoms with Gasteiger partial charge in [-0.05, 0) is 48.4 Å².